The zero-order valence-electron chi connectivity index (χ0n) is 34.5. The van der Waals surface area contributed by atoms with E-state index in [-0.39, 0.29) is 32.8 Å². The van der Waals surface area contributed by atoms with Crippen LogP contribution in [0.15, 0.2) is 115 Å². The van der Waals surface area contributed by atoms with Gasteiger partial charge in [-0.15, -0.1) is 0 Å². The van der Waals surface area contributed by atoms with Crippen LogP contribution in [0.4, 0.5) is 5.69 Å². The number of fused-ring (bicyclic) bond motifs is 4. The van der Waals surface area contributed by atoms with E-state index < -0.39 is 53.3 Å². The van der Waals surface area contributed by atoms with E-state index in [9.17, 15) is 10.2 Å². The molecule has 2 saturated heterocycles. The van der Waals surface area contributed by atoms with Gasteiger partial charge < -0.3 is 39.4 Å². The van der Waals surface area contributed by atoms with Gasteiger partial charge >= 0.3 is 5.97 Å². The third-order valence-electron chi connectivity index (χ3n) is 12.6. The molecule has 5 aromatic carbocycles. The van der Waals surface area contributed by atoms with Crippen molar-refractivity contribution in [3.63, 3.8) is 0 Å². The molecule has 0 aliphatic carbocycles. The highest BCUT2D eigenvalue weighted by molar-refractivity contribution is 6.12. The van der Waals surface area contributed by atoms with Gasteiger partial charge in [0.25, 0.3) is 0 Å². The highest BCUT2D eigenvalue weighted by Crippen LogP contribution is 2.66. The van der Waals surface area contributed by atoms with E-state index in [2.05, 4.69) is 17.2 Å². The highest BCUT2D eigenvalue weighted by Gasteiger charge is 2.74. The number of nitrogens with zero attached hydrogens (tertiary/aromatic N) is 2. The average Bonchev–Trinajstić information content (AvgIpc) is 3.79. The molecule has 4 aliphatic rings. The van der Waals surface area contributed by atoms with Gasteiger partial charge in [-0.1, -0.05) is 90.7 Å². The lowest BCUT2D eigenvalue weighted by Gasteiger charge is -2.46. The number of benzene rings is 5. The summed E-state index contributed by atoms with van der Waals surface area (Å²) < 4.78 is 24.1. The number of esters is 1. The van der Waals surface area contributed by atoms with E-state index >= 15 is 14.4 Å². The minimum absolute atomic E-state index is 0.0336. The van der Waals surface area contributed by atoms with Crippen molar-refractivity contribution in [3.8, 4) is 29.1 Å². The molecule has 2 fully saturated rings. The second-order valence-electron chi connectivity index (χ2n) is 15.9. The highest BCUT2D eigenvalue weighted by atomic mass is 16.6. The van der Waals surface area contributed by atoms with Crippen LogP contribution in [0.1, 0.15) is 63.6 Å². The van der Waals surface area contributed by atoms with Crippen LogP contribution in [-0.4, -0.2) is 84.4 Å². The molecular weight excluding hydrogens is 787 g/mol. The normalized spacial score (nSPS) is 23.6. The zero-order chi connectivity index (χ0) is 43.0. The van der Waals surface area contributed by atoms with Crippen LogP contribution in [0.25, 0.3) is 0 Å². The van der Waals surface area contributed by atoms with E-state index in [1.807, 2.05) is 102 Å². The first-order chi connectivity index (χ1) is 30.3. The maximum absolute atomic E-state index is 16.1. The number of cyclic esters (lactones) is 1. The number of anilines is 1. The molecule has 9 rings (SSSR count). The van der Waals surface area contributed by atoms with Crippen LogP contribution < -0.4 is 19.5 Å². The minimum Gasteiger partial charge on any atom is -0.493 e. The van der Waals surface area contributed by atoms with Crippen LogP contribution in [0.3, 0.4) is 0 Å². The Hall–Kier alpha value is -6.65. The number of morpholine rings is 1. The summed E-state index contributed by atoms with van der Waals surface area (Å²) in [6.45, 7) is 0.0874. The van der Waals surface area contributed by atoms with Crippen molar-refractivity contribution >= 4 is 23.5 Å². The molecule has 6 atom stereocenters. The van der Waals surface area contributed by atoms with E-state index in [4.69, 9.17) is 18.9 Å². The summed E-state index contributed by atoms with van der Waals surface area (Å²) >= 11 is 0. The molecule has 1 spiro atoms. The number of rotatable bonds is 10. The predicted molar refractivity (Wildman–Crippen MR) is 229 cm³/mol. The quantitative estimate of drug-likeness (QED) is 0.119. The molecule has 3 N–H and O–H groups in total. The summed E-state index contributed by atoms with van der Waals surface area (Å²) in [5.41, 5.74) is 3.79. The van der Waals surface area contributed by atoms with Crippen molar-refractivity contribution in [2.24, 2.45) is 5.92 Å². The van der Waals surface area contributed by atoms with E-state index in [0.29, 0.717) is 52.6 Å². The Balaban J connectivity index is 1.33. The second-order valence-corrected chi connectivity index (χ2v) is 15.9. The fraction of sp³-hybridized carbons (Fsp3) is 0.300. The van der Waals surface area contributed by atoms with Gasteiger partial charge in [0.1, 0.15) is 29.9 Å². The number of hydrogen-bond donors (Lipinski definition) is 3. The smallest absolute Gasteiger partial charge is 0.324 e. The van der Waals surface area contributed by atoms with E-state index in [1.54, 1.807) is 37.3 Å². The number of para-hydroxylation sites is 1. The lowest BCUT2D eigenvalue weighted by molar-refractivity contribution is -0.179. The number of nitrogens with one attached hydrogen (secondary N) is 1. The van der Waals surface area contributed by atoms with Crippen LogP contribution in [0.2, 0.25) is 0 Å². The third kappa shape index (κ3) is 6.73. The number of ether oxygens (including phenoxy) is 4. The Kier molecular flexibility index (Phi) is 11.2. The Morgan fingerprint density at radius 3 is 2.23 bits per heavy atom. The molecule has 0 bridgehead atoms. The van der Waals surface area contributed by atoms with Gasteiger partial charge in [-0.2, -0.15) is 0 Å². The second kappa shape index (κ2) is 17.0. The van der Waals surface area contributed by atoms with Crippen molar-refractivity contribution in [2.45, 2.75) is 49.0 Å². The summed E-state index contributed by atoms with van der Waals surface area (Å²) in [4.78, 5) is 50.8. The molecule has 12 nitrogen and oxygen atoms in total. The standard InChI is InChI=1S/C50H47N3O9/c1-59-40-28-34-22-23-52(30-35(34)29-41(40)60-2)47(56)42-44-48(57)62-45(33-16-7-4-8-17-33)43(32-14-5-3-6-15-32)53(44)46(36-18-9-10-19-39(36)61-26-25-55)50(42)37-27-31(13-11-12-24-54)20-21-38(37)51-49(50)58/h3-10,14-21,27-29,42-46,54-55H,12,22-26,30H2,1-2H3,(H,51,58)/t42-,43-,44-,45+,46+,50-/m0/s1. The van der Waals surface area contributed by atoms with Crippen molar-refractivity contribution < 1.29 is 43.5 Å². The van der Waals surface area contributed by atoms with Crippen LogP contribution in [0.5, 0.6) is 17.2 Å². The third-order valence-corrected chi connectivity index (χ3v) is 12.6. The first-order valence-electron chi connectivity index (χ1n) is 20.8. The lowest BCUT2D eigenvalue weighted by atomic mass is 9.64. The number of aliphatic hydroxyl groups excluding tert-OH is 2. The molecule has 12 heteroatoms. The van der Waals surface area contributed by atoms with E-state index in [1.165, 1.54) is 0 Å². The largest absolute Gasteiger partial charge is 0.493 e. The molecule has 62 heavy (non-hydrogen) atoms. The molecule has 2 amide bonds. The summed E-state index contributed by atoms with van der Waals surface area (Å²) in [6, 6.07) is 32.8. The summed E-state index contributed by atoms with van der Waals surface area (Å²) in [5, 5.41) is 22.7. The Bertz CT molecular complexity index is 2570. The molecule has 0 aromatic heterocycles. The van der Waals surface area contributed by atoms with Gasteiger partial charge in [-0.05, 0) is 70.6 Å². The van der Waals surface area contributed by atoms with Gasteiger partial charge in [-0.25, -0.2) is 0 Å². The number of methoxy groups -OCH3 is 2. The van der Waals surface area contributed by atoms with Crippen molar-refractivity contribution in [2.75, 3.05) is 45.9 Å². The fourth-order valence-corrected chi connectivity index (χ4v) is 10.1. The number of aliphatic hydroxyl groups is 2. The summed E-state index contributed by atoms with van der Waals surface area (Å²) in [7, 11) is 3.15. The number of carbonyl (C=O) groups excluding carboxylic acids is 3. The Morgan fingerprint density at radius 1 is 0.823 bits per heavy atom. The van der Waals surface area contributed by atoms with E-state index in [0.717, 1.165) is 22.3 Å². The number of amides is 2. The van der Waals surface area contributed by atoms with Gasteiger partial charge in [0.05, 0.1) is 45.4 Å². The van der Waals surface area contributed by atoms with Crippen molar-refractivity contribution in [1.82, 2.24) is 9.80 Å². The van der Waals surface area contributed by atoms with Crippen molar-refractivity contribution in [1.29, 1.82) is 0 Å². The van der Waals surface area contributed by atoms with Crippen LogP contribution >= 0.6 is 0 Å². The lowest BCUT2D eigenvalue weighted by Crippen LogP contribution is -2.56. The fourth-order valence-electron chi connectivity index (χ4n) is 10.1. The Morgan fingerprint density at radius 2 is 1.52 bits per heavy atom. The maximum atomic E-state index is 16.1. The topological polar surface area (TPSA) is 147 Å². The molecule has 316 valence electrons. The molecule has 4 heterocycles. The van der Waals surface area contributed by atoms with Gasteiger partial charge in [0, 0.05) is 36.3 Å². The monoisotopic (exact) mass is 833 g/mol. The SMILES string of the molecule is COc1cc2c(cc1OC)CN(C(=O)[C@@H]1[C@H]3C(=O)O[C@H](c4ccccc4)[C@H](c4ccccc4)N3[C@H](c3ccccc3OCCO)[C@@]13C(=O)Nc1ccc(C#CCCO)cc13)CC2. The first-order valence-corrected chi connectivity index (χ1v) is 20.8. The van der Waals surface area contributed by atoms with Gasteiger partial charge in [-0.3, -0.25) is 19.3 Å². The first kappa shape index (κ1) is 40.7. The maximum Gasteiger partial charge on any atom is 0.324 e. The minimum atomic E-state index is -1.76. The number of hydrogen-bond acceptors (Lipinski definition) is 10. The summed E-state index contributed by atoms with van der Waals surface area (Å²) in [6.07, 6.45) is -0.102. The molecule has 0 radical (unpaired) electrons. The molecule has 5 aromatic rings. The predicted octanol–water partition coefficient (Wildman–Crippen LogP) is 5.66. The van der Waals surface area contributed by atoms with Gasteiger partial charge in [0.2, 0.25) is 11.8 Å². The molecule has 0 saturated carbocycles. The summed E-state index contributed by atoms with van der Waals surface area (Å²) in [5.74, 6) is 4.84. The molecular formula is C50H47N3O9. The van der Waals surface area contributed by atoms with Crippen molar-refractivity contribution in [3.05, 3.63) is 154 Å². The van der Waals surface area contributed by atoms with Gasteiger partial charge in [0.15, 0.2) is 11.5 Å². The molecule has 0 unspecified atom stereocenters. The Labute approximate surface area is 360 Å². The number of carbonyl (C=O) groups is 3. The van der Waals surface area contributed by atoms with Crippen LogP contribution in [-0.2, 0) is 37.5 Å². The van der Waals surface area contributed by atoms with Crippen LogP contribution in [0, 0.1) is 17.8 Å². The average molecular weight is 834 g/mol. The zero-order valence-corrected chi connectivity index (χ0v) is 34.5. The molecule has 4 aliphatic heterocycles.